The standard InChI is InChI=1S/C11H12ClN3S/c12-8-3-1-7(2-4-8)10-9(5-6-13)16-11(14)15-10/h1-4H,5-6,13H2,(H2,14,15). The molecular formula is C11H12ClN3S. The molecule has 84 valence electrons. The molecule has 0 amide bonds. The molecule has 1 heterocycles. The smallest absolute Gasteiger partial charge is 0.180 e. The lowest BCUT2D eigenvalue weighted by Crippen LogP contribution is -2.02. The number of aromatic nitrogens is 1. The van der Waals surface area contributed by atoms with E-state index in [1.165, 1.54) is 11.3 Å². The van der Waals surface area contributed by atoms with Crippen LogP contribution >= 0.6 is 22.9 Å². The Bertz CT molecular complexity index is 478. The lowest BCUT2D eigenvalue weighted by molar-refractivity contribution is 0.986. The van der Waals surface area contributed by atoms with Gasteiger partial charge in [0.25, 0.3) is 0 Å². The number of nitrogens with two attached hydrogens (primary N) is 2. The zero-order chi connectivity index (χ0) is 11.5. The van der Waals surface area contributed by atoms with Gasteiger partial charge in [0.2, 0.25) is 0 Å². The predicted molar refractivity (Wildman–Crippen MR) is 69.7 cm³/mol. The highest BCUT2D eigenvalue weighted by atomic mass is 35.5. The van der Waals surface area contributed by atoms with E-state index in [1.54, 1.807) is 0 Å². The summed E-state index contributed by atoms with van der Waals surface area (Å²) in [5.41, 5.74) is 13.2. The van der Waals surface area contributed by atoms with Crippen molar-refractivity contribution in [3.63, 3.8) is 0 Å². The van der Waals surface area contributed by atoms with E-state index < -0.39 is 0 Å². The minimum absolute atomic E-state index is 0.577. The third-order valence-corrected chi connectivity index (χ3v) is 3.40. The second kappa shape index (κ2) is 4.82. The van der Waals surface area contributed by atoms with Gasteiger partial charge < -0.3 is 11.5 Å². The molecule has 0 atom stereocenters. The molecule has 0 fully saturated rings. The van der Waals surface area contributed by atoms with Crippen molar-refractivity contribution < 1.29 is 0 Å². The lowest BCUT2D eigenvalue weighted by atomic mass is 10.1. The zero-order valence-electron chi connectivity index (χ0n) is 8.61. The third kappa shape index (κ3) is 2.35. The molecular weight excluding hydrogens is 242 g/mol. The fourth-order valence-corrected chi connectivity index (χ4v) is 2.50. The van der Waals surface area contributed by atoms with Crippen LogP contribution < -0.4 is 11.5 Å². The van der Waals surface area contributed by atoms with Crippen LogP contribution in [0.4, 0.5) is 5.13 Å². The van der Waals surface area contributed by atoms with Gasteiger partial charge in [-0.2, -0.15) is 0 Å². The maximum atomic E-state index is 5.84. The third-order valence-electron chi connectivity index (χ3n) is 2.20. The molecule has 0 radical (unpaired) electrons. The first kappa shape index (κ1) is 11.4. The van der Waals surface area contributed by atoms with Crippen molar-refractivity contribution in [1.82, 2.24) is 4.98 Å². The average molecular weight is 254 g/mol. The van der Waals surface area contributed by atoms with Crippen LogP contribution in [0.3, 0.4) is 0 Å². The summed E-state index contributed by atoms with van der Waals surface area (Å²) < 4.78 is 0. The summed E-state index contributed by atoms with van der Waals surface area (Å²) in [6.45, 7) is 0.599. The van der Waals surface area contributed by atoms with Crippen molar-refractivity contribution in [2.45, 2.75) is 6.42 Å². The first-order chi connectivity index (χ1) is 7.70. The topological polar surface area (TPSA) is 64.9 Å². The highest BCUT2D eigenvalue weighted by Crippen LogP contribution is 2.30. The summed E-state index contributed by atoms with van der Waals surface area (Å²) in [6, 6.07) is 7.57. The SMILES string of the molecule is NCCc1sc(N)nc1-c1ccc(Cl)cc1. The van der Waals surface area contributed by atoms with Gasteiger partial charge in [-0.05, 0) is 25.1 Å². The summed E-state index contributed by atoms with van der Waals surface area (Å²) in [7, 11) is 0. The normalized spacial score (nSPS) is 10.6. The Labute approximate surface area is 103 Å². The van der Waals surface area contributed by atoms with Crippen LogP contribution in [0, 0.1) is 0 Å². The Morgan fingerprint density at radius 3 is 2.56 bits per heavy atom. The van der Waals surface area contributed by atoms with E-state index in [9.17, 15) is 0 Å². The van der Waals surface area contributed by atoms with Crippen LogP contribution in [-0.2, 0) is 6.42 Å². The molecule has 2 rings (SSSR count). The Morgan fingerprint density at radius 2 is 1.94 bits per heavy atom. The van der Waals surface area contributed by atoms with E-state index in [2.05, 4.69) is 4.98 Å². The molecule has 0 spiro atoms. The molecule has 3 nitrogen and oxygen atoms in total. The molecule has 1 aromatic carbocycles. The van der Waals surface area contributed by atoms with Crippen LogP contribution in [-0.4, -0.2) is 11.5 Å². The maximum Gasteiger partial charge on any atom is 0.180 e. The van der Waals surface area contributed by atoms with Crippen molar-refractivity contribution in [2.24, 2.45) is 5.73 Å². The van der Waals surface area contributed by atoms with Gasteiger partial charge in [-0.15, -0.1) is 11.3 Å². The number of nitrogen functional groups attached to an aromatic ring is 1. The number of anilines is 1. The van der Waals surface area contributed by atoms with Gasteiger partial charge in [-0.1, -0.05) is 23.7 Å². The fraction of sp³-hybridized carbons (Fsp3) is 0.182. The van der Waals surface area contributed by atoms with Crippen LogP contribution in [0.15, 0.2) is 24.3 Å². The number of hydrogen-bond acceptors (Lipinski definition) is 4. The van der Waals surface area contributed by atoms with Crippen LogP contribution in [0.1, 0.15) is 4.88 Å². The van der Waals surface area contributed by atoms with Gasteiger partial charge in [0.15, 0.2) is 5.13 Å². The summed E-state index contributed by atoms with van der Waals surface area (Å²) in [4.78, 5) is 5.45. The fourth-order valence-electron chi connectivity index (χ4n) is 1.50. The summed E-state index contributed by atoms with van der Waals surface area (Å²) in [6.07, 6.45) is 0.798. The van der Waals surface area contributed by atoms with E-state index in [4.69, 9.17) is 23.1 Å². The molecule has 4 N–H and O–H groups in total. The van der Waals surface area contributed by atoms with Crippen molar-refractivity contribution in [3.05, 3.63) is 34.2 Å². The minimum Gasteiger partial charge on any atom is -0.375 e. The van der Waals surface area contributed by atoms with Crippen LogP contribution in [0.25, 0.3) is 11.3 Å². The number of halogens is 1. The zero-order valence-corrected chi connectivity index (χ0v) is 10.2. The second-order valence-corrected chi connectivity index (χ2v) is 4.92. The van der Waals surface area contributed by atoms with Gasteiger partial charge in [0.05, 0.1) is 5.69 Å². The molecule has 0 unspecified atom stereocenters. The quantitative estimate of drug-likeness (QED) is 0.884. The summed E-state index contributed by atoms with van der Waals surface area (Å²) in [5, 5.41) is 1.29. The highest BCUT2D eigenvalue weighted by Gasteiger charge is 2.10. The molecule has 0 bridgehead atoms. The molecule has 5 heteroatoms. The van der Waals surface area contributed by atoms with Gasteiger partial charge >= 0.3 is 0 Å². The van der Waals surface area contributed by atoms with Crippen LogP contribution in [0.5, 0.6) is 0 Å². The van der Waals surface area contributed by atoms with Gasteiger partial charge in [-0.25, -0.2) is 4.98 Å². The Balaban J connectivity index is 2.42. The van der Waals surface area contributed by atoms with Crippen molar-refractivity contribution >= 4 is 28.1 Å². The molecule has 0 aliphatic carbocycles. The molecule has 0 aliphatic rings. The molecule has 16 heavy (non-hydrogen) atoms. The molecule has 0 aliphatic heterocycles. The first-order valence-corrected chi connectivity index (χ1v) is 6.11. The molecule has 0 saturated carbocycles. The minimum atomic E-state index is 0.577. The average Bonchev–Trinajstić information content (AvgIpc) is 2.61. The Kier molecular flexibility index (Phi) is 3.43. The van der Waals surface area contributed by atoms with Gasteiger partial charge in [-0.3, -0.25) is 0 Å². The van der Waals surface area contributed by atoms with Crippen molar-refractivity contribution in [3.8, 4) is 11.3 Å². The van der Waals surface area contributed by atoms with Crippen molar-refractivity contribution in [1.29, 1.82) is 0 Å². The maximum absolute atomic E-state index is 5.84. The van der Waals surface area contributed by atoms with E-state index in [0.717, 1.165) is 22.6 Å². The molecule has 1 aromatic heterocycles. The number of thiazole rings is 1. The van der Waals surface area contributed by atoms with Crippen LogP contribution in [0.2, 0.25) is 5.02 Å². The predicted octanol–water partition coefficient (Wildman–Crippen LogP) is 2.55. The van der Waals surface area contributed by atoms with Crippen molar-refractivity contribution in [2.75, 3.05) is 12.3 Å². The van der Waals surface area contributed by atoms with Gasteiger partial charge in [0.1, 0.15) is 0 Å². The van der Waals surface area contributed by atoms with E-state index in [-0.39, 0.29) is 0 Å². The molecule has 0 saturated heterocycles. The molecule has 2 aromatic rings. The number of benzene rings is 1. The monoisotopic (exact) mass is 253 g/mol. The van der Waals surface area contributed by atoms with Gasteiger partial charge in [0, 0.05) is 15.5 Å². The highest BCUT2D eigenvalue weighted by molar-refractivity contribution is 7.15. The Hall–Kier alpha value is -1.10. The lowest BCUT2D eigenvalue weighted by Gasteiger charge is -2.00. The summed E-state index contributed by atoms with van der Waals surface area (Å²) in [5.74, 6) is 0. The number of nitrogens with zero attached hydrogens (tertiary/aromatic N) is 1. The first-order valence-electron chi connectivity index (χ1n) is 4.92. The number of hydrogen-bond donors (Lipinski definition) is 2. The summed E-state index contributed by atoms with van der Waals surface area (Å²) >= 11 is 7.33. The van der Waals surface area contributed by atoms with E-state index in [0.29, 0.717) is 16.7 Å². The van der Waals surface area contributed by atoms with E-state index >= 15 is 0 Å². The number of rotatable bonds is 3. The Morgan fingerprint density at radius 1 is 1.25 bits per heavy atom. The second-order valence-electron chi connectivity index (χ2n) is 3.37. The largest absolute Gasteiger partial charge is 0.375 e. The van der Waals surface area contributed by atoms with E-state index in [1.807, 2.05) is 24.3 Å².